The second-order valence-electron chi connectivity index (χ2n) is 10.7. The number of fused-ring (bicyclic) bond motifs is 2. The molecule has 0 aromatic heterocycles. The van der Waals surface area contributed by atoms with E-state index in [0.717, 1.165) is 43.7 Å². The molecule has 0 bridgehead atoms. The Kier molecular flexibility index (Phi) is 7.78. The van der Waals surface area contributed by atoms with E-state index in [1.54, 1.807) is 7.11 Å². The fourth-order valence-electron chi connectivity index (χ4n) is 5.90. The summed E-state index contributed by atoms with van der Waals surface area (Å²) >= 11 is 0. The summed E-state index contributed by atoms with van der Waals surface area (Å²) in [6, 6.07) is 7.00. The van der Waals surface area contributed by atoms with Crippen LogP contribution >= 0.6 is 0 Å². The van der Waals surface area contributed by atoms with E-state index in [0.29, 0.717) is 25.0 Å². The van der Waals surface area contributed by atoms with Crippen LogP contribution in [0, 0.1) is 5.92 Å². The number of hydrogen-bond donors (Lipinski definition) is 0. The Morgan fingerprint density at radius 1 is 1.22 bits per heavy atom. The van der Waals surface area contributed by atoms with Crippen LogP contribution in [0.3, 0.4) is 0 Å². The highest BCUT2D eigenvalue weighted by Crippen LogP contribution is 2.34. The summed E-state index contributed by atoms with van der Waals surface area (Å²) in [5.74, 6) is 1.84. The van der Waals surface area contributed by atoms with Crippen molar-refractivity contribution in [2.45, 2.75) is 83.3 Å². The number of amides is 1. The number of carbonyl (C=O) groups excluding carboxylic acids is 1. The van der Waals surface area contributed by atoms with Crippen LogP contribution in [0.5, 0.6) is 5.75 Å². The van der Waals surface area contributed by atoms with Crippen LogP contribution in [0.15, 0.2) is 18.2 Å². The Balaban J connectivity index is 1.42. The van der Waals surface area contributed by atoms with Crippen LogP contribution in [0.4, 0.5) is 0 Å². The average molecular weight is 443 g/mol. The lowest BCUT2D eigenvalue weighted by Crippen LogP contribution is -2.52. The number of methoxy groups -OCH3 is 1. The molecule has 3 heterocycles. The van der Waals surface area contributed by atoms with Gasteiger partial charge in [-0.15, -0.1) is 0 Å². The first kappa shape index (κ1) is 23.6. The van der Waals surface area contributed by atoms with E-state index < -0.39 is 0 Å². The van der Waals surface area contributed by atoms with Gasteiger partial charge in [-0.05, 0) is 95.0 Å². The molecule has 3 aliphatic heterocycles. The van der Waals surface area contributed by atoms with Gasteiger partial charge in [-0.1, -0.05) is 18.6 Å². The fraction of sp³-hybridized carbons (Fsp3) is 0.741. The number of nitrogens with zero attached hydrogens (tertiary/aromatic N) is 2. The third-order valence-corrected chi connectivity index (χ3v) is 7.68. The van der Waals surface area contributed by atoms with Crippen LogP contribution in [0.2, 0.25) is 0 Å². The lowest BCUT2D eigenvalue weighted by atomic mass is 9.83. The molecule has 5 heteroatoms. The van der Waals surface area contributed by atoms with Crippen molar-refractivity contribution in [3.05, 3.63) is 29.3 Å². The normalized spacial score (nSPS) is 24.8. The van der Waals surface area contributed by atoms with Crippen molar-refractivity contribution in [1.82, 2.24) is 9.80 Å². The third-order valence-electron chi connectivity index (χ3n) is 7.68. The summed E-state index contributed by atoms with van der Waals surface area (Å²) in [5, 5.41) is 0. The molecule has 178 valence electrons. The first-order valence-electron chi connectivity index (χ1n) is 12.8. The monoisotopic (exact) mass is 442 g/mol. The predicted molar refractivity (Wildman–Crippen MR) is 128 cm³/mol. The van der Waals surface area contributed by atoms with Crippen molar-refractivity contribution in [2.24, 2.45) is 5.92 Å². The highest BCUT2D eigenvalue weighted by molar-refractivity contribution is 5.79. The van der Waals surface area contributed by atoms with E-state index in [1.807, 2.05) is 0 Å². The van der Waals surface area contributed by atoms with Gasteiger partial charge in [0.1, 0.15) is 11.4 Å². The third kappa shape index (κ3) is 5.85. The molecular weight excluding hydrogens is 400 g/mol. The van der Waals surface area contributed by atoms with Gasteiger partial charge >= 0.3 is 0 Å². The molecule has 0 aliphatic carbocycles. The van der Waals surface area contributed by atoms with E-state index in [1.165, 1.54) is 50.8 Å². The molecule has 2 saturated heterocycles. The molecule has 2 fully saturated rings. The maximum atomic E-state index is 13.5. The van der Waals surface area contributed by atoms with Gasteiger partial charge in [0.15, 0.2) is 0 Å². The molecule has 0 unspecified atom stereocenters. The first-order chi connectivity index (χ1) is 15.4. The number of aryl methyl sites for hydroxylation is 1. The number of ether oxygens (including phenoxy) is 2. The average Bonchev–Trinajstić information content (AvgIpc) is 2.78. The summed E-state index contributed by atoms with van der Waals surface area (Å²) in [4.78, 5) is 18.3. The maximum Gasteiger partial charge on any atom is 0.227 e. The van der Waals surface area contributed by atoms with Crippen molar-refractivity contribution in [2.75, 3.05) is 39.9 Å². The van der Waals surface area contributed by atoms with Gasteiger partial charge in [-0.3, -0.25) is 4.79 Å². The second-order valence-corrected chi connectivity index (χ2v) is 10.7. The van der Waals surface area contributed by atoms with Crippen LogP contribution in [-0.4, -0.2) is 67.2 Å². The number of carbonyl (C=O) groups is 1. The Hall–Kier alpha value is -1.59. The summed E-state index contributed by atoms with van der Waals surface area (Å²) in [7, 11) is 1.74. The maximum absolute atomic E-state index is 13.5. The van der Waals surface area contributed by atoms with Gasteiger partial charge in [-0.2, -0.15) is 0 Å². The van der Waals surface area contributed by atoms with Gasteiger partial charge in [0.2, 0.25) is 5.91 Å². The molecule has 0 saturated carbocycles. The van der Waals surface area contributed by atoms with Gasteiger partial charge in [0.25, 0.3) is 0 Å². The molecule has 0 spiro atoms. The predicted octanol–water partition coefficient (Wildman–Crippen LogP) is 4.46. The number of rotatable bonds is 8. The van der Waals surface area contributed by atoms with Gasteiger partial charge < -0.3 is 19.3 Å². The zero-order valence-electron chi connectivity index (χ0n) is 20.4. The lowest BCUT2D eigenvalue weighted by Gasteiger charge is -2.45. The van der Waals surface area contributed by atoms with Crippen LogP contribution in [0.1, 0.15) is 69.9 Å². The van der Waals surface area contributed by atoms with Crippen molar-refractivity contribution in [3.8, 4) is 5.75 Å². The zero-order valence-corrected chi connectivity index (χ0v) is 20.4. The number of benzene rings is 1. The van der Waals surface area contributed by atoms with Crippen LogP contribution in [0.25, 0.3) is 0 Å². The van der Waals surface area contributed by atoms with Gasteiger partial charge in [0, 0.05) is 32.8 Å². The Morgan fingerprint density at radius 3 is 2.91 bits per heavy atom. The van der Waals surface area contributed by atoms with E-state index in [-0.39, 0.29) is 11.5 Å². The highest BCUT2D eigenvalue weighted by Gasteiger charge is 2.34. The van der Waals surface area contributed by atoms with E-state index in [2.05, 4.69) is 41.8 Å². The molecule has 2 atom stereocenters. The standard InChI is InChI=1S/C27H42N2O3/c1-27(2)13-12-22-18-21(10-11-25(22)32-27)19-26(30)29(16-7-17-31-3)20-23-8-6-15-28-14-5-4-9-24(23)28/h10-11,18,23-24H,4-9,12-17,19-20H2,1-3H3/t23-,24+/m0/s1. The molecule has 1 aromatic carbocycles. The minimum Gasteiger partial charge on any atom is -0.488 e. The molecular formula is C27H42N2O3. The highest BCUT2D eigenvalue weighted by atomic mass is 16.5. The molecule has 0 N–H and O–H groups in total. The van der Waals surface area contributed by atoms with Crippen LogP contribution in [-0.2, 0) is 22.4 Å². The van der Waals surface area contributed by atoms with Gasteiger partial charge in [0.05, 0.1) is 6.42 Å². The largest absolute Gasteiger partial charge is 0.488 e. The minimum atomic E-state index is -0.102. The SMILES string of the molecule is COCCCN(C[C@@H]1CCCN2CCCC[C@H]12)C(=O)Cc1ccc2c(c1)CCC(C)(C)O2. The lowest BCUT2D eigenvalue weighted by molar-refractivity contribution is -0.132. The van der Waals surface area contributed by atoms with E-state index in [4.69, 9.17) is 9.47 Å². The zero-order chi connectivity index (χ0) is 22.6. The Morgan fingerprint density at radius 2 is 2.06 bits per heavy atom. The van der Waals surface area contributed by atoms with Crippen LogP contribution < -0.4 is 4.74 Å². The molecule has 3 aliphatic rings. The van der Waals surface area contributed by atoms with Crippen molar-refractivity contribution < 1.29 is 14.3 Å². The quantitative estimate of drug-likeness (QED) is 0.558. The number of piperidine rings is 2. The second kappa shape index (κ2) is 10.6. The Labute approximate surface area is 194 Å². The molecule has 32 heavy (non-hydrogen) atoms. The fourth-order valence-corrected chi connectivity index (χ4v) is 5.90. The van der Waals surface area contributed by atoms with Crippen molar-refractivity contribution in [1.29, 1.82) is 0 Å². The van der Waals surface area contributed by atoms with Crippen molar-refractivity contribution in [3.63, 3.8) is 0 Å². The van der Waals surface area contributed by atoms with Crippen molar-refractivity contribution >= 4 is 5.91 Å². The smallest absolute Gasteiger partial charge is 0.227 e. The summed E-state index contributed by atoms with van der Waals surface area (Å²) in [6.45, 7) is 9.16. The summed E-state index contributed by atoms with van der Waals surface area (Å²) < 4.78 is 11.4. The first-order valence-corrected chi connectivity index (χ1v) is 12.8. The minimum absolute atomic E-state index is 0.102. The van der Waals surface area contributed by atoms with Gasteiger partial charge in [-0.25, -0.2) is 0 Å². The van der Waals surface area contributed by atoms with E-state index >= 15 is 0 Å². The molecule has 1 aromatic rings. The Bertz CT molecular complexity index is 776. The number of hydrogen-bond acceptors (Lipinski definition) is 4. The summed E-state index contributed by atoms with van der Waals surface area (Å²) in [5.41, 5.74) is 2.25. The topological polar surface area (TPSA) is 42.0 Å². The molecule has 0 radical (unpaired) electrons. The molecule has 1 amide bonds. The molecule has 5 nitrogen and oxygen atoms in total. The van der Waals surface area contributed by atoms with E-state index in [9.17, 15) is 4.79 Å². The molecule has 4 rings (SSSR count). The summed E-state index contributed by atoms with van der Waals surface area (Å²) in [6.07, 6.45) is 9.89.